The van der Waals surface area contributed by atoms with Crippen molar-refractivity contribution in [1.82, 2.24) is 14.7 Å². The van der Waals surface area contributed by atoms with E-state index >= 15 is 0 Å². The summed E-state index contributed by atoms with van der Waals surface area (Å²) in [6, 6.07) is 16.5. The molecule has 0 unspecified atom stereocenters. The first kappa shape index (κ1) is 29.6. The first-order chi connectivity index (χ1) is 19.7. The number of hydrogen-bond donors (Lipinski definition) is 2. The number of amides is 1. The van der Waals surface area contributed by atoms with Gasteiger partial charge in [-0.1, -0.05) is 61.2 Å². The van der Waals surface area contributed by atoms with Crippen LogP contribution in [0.4, 0.5) is 5.69 Å². The van der Waals surface area contributed by atoms with Gasteiger partial charge in [0, 0.05) is 63.6 Å². The van der Waals surface area contributed by atoms with Crippen molar-refractivity contribution >= 4 is 41.1 Å². The summed E-state index contributed by atoms with van der Waals surface area (Å²) in [5.41, 5.74) is 1.96. The van der Waals surface area contributed by atoms with Gasteiger partial charge in [-0.15, -0.1) is 11.8 Å². The average Bonchev–Trinajstić information content (AvgIpc) is 3.24. The van der Waals surface area contributed by atoms with Crippen LogP contribution >= 0.6 is 23.5 Å². The van der Waals surface area contributed by atoms with Gasteiger partial charge in [-0.2, -0.15) is 0 Å². The number of rotatable bonds is 12. The summed E-state index contributed by atoms with van der Waals surface area (Å²) >= 11 is 2.79. The third-order valence-electron chi connectivity index (χ3n) is 8.00. The second-order valence-electron chi connectivity index (χ2n) is 10.6. The lowest BCUT2D eigenvalue weighted by molar-refractivity contribution is -0.384. The number of hydrogen-bond acceptors (Lipinski definition) is 9. The fourth-order valence-electron chi connectivity index (χ4n) is 5.82. The predicted octanol–water partition coefficient (Wildman–Crippen LogP) is 3.61. The molecule has 3 atom stereocenters. The molecule has 2 aromatic carbocycles. The maximum atomic E-state index is 13.3. The Morgan fingerprint density at radius 2 is 1.76 bits per heavy atom. The van der Waals surface area contributed by atoms with Crippen LogP contribution in [0, 0.1) is 16.0 Å². The van der Waals surface area contributed by atoms with Crippen LogP contribution in [-0.2, 0) is 22.6 Å². The molecule has 0 aromatic heterocycles. The minimum Gasteiger partial charge on any atom is -0.477 e. The highest BCUT2D eigenvalue weighted by Gasteiger charge is 2.68. The molecule has 0 spiro atoms. The Morgan fingerprint density at radius 3 is 2.37 bits per heavy atom. The van der Waals surface area contributed by atoms with Gasteiger partial charge in [-0.05, 0) is 17.5 Å². The number of β-lactam (4-membered cyclic amide) rings is 1. The second kappa shape index (κ2) is 12.5. The van der Waals surface area contributed by atoms with E-state index in [2.05, 4.69) is 34.1 Å². The lowest BCUT2D eigenvalue weighted by Gasteiger charge is -2.54. The van der Waals surface area contributed by atoms with E-state index in [1.807, 2.05) is 6.07 Å². The number of aliphatic carboxylic acids is 1. The fraction of sp³-hybridized carbons (Fsp3) is 0.448. The van der Waals surface area contributed by atoms with Crippen molar-refractivity contribution in [1.29, 1.82) is 0 Å². The zero-order chi connectivity index (χ0) is 29.1. The predicted molar refractivity (Wildman–Crippen MR) is 159 cm³/mol. The summed E-state index contributed by atoms with van der Waals surface area (Å²) in [5, 5.41) is 32.1. The molecule has 2 aromatic rings. The highest BCUT2D eigenvalue weighted by molar-refractivity contribution is 8.23. The number of carbonyl (C=O) groups excluding carboxylic acids is 1. The molecule has 3 aliphatic heterocycles. The Kier molecular flexibility index (Phi) is 9.05. The standard InChI is InChI=1S/C29H34N4O6S2/c1-2-23(34)24-26(35)32-25(27(36)37)28(41-29(24,32)18-20-8-10-22(11-9-20)33(38)39)40-17-16-30-12-14-31(15-13-30)19-21-6-4-3-5-7-21/h3-11,23-24,34H,2,12-19H2,1H3,(H,36,37)/t23-,24+,29+/m0/s1. The number of aliphatic hydroxyl groups excluding tert-OH is 1. The van der Waals surface area contributed by atoms with Gasteiger partial charge < -0.3 is 10.2 Å². The molecular weight excluding hydrogens is 564 g/mol. The summed E-state index contributed by atoms with van der Waals surface area (Å²) in [5.74, 6) is -1.65. The first-order valence-electron chi connectivity index (χ1n) is 13.8. The van der Waals surface area contributed by atoms with E-state index < -0.39 is 33.7 Å². The molecule has 12 heteroatoms. The number of non-ortho nitro benzene ring substituents is 1. The van der Waals surface area contributed by atoms with E-state index in [9.17, 15) is 29.9 Å². The number of thioether (sulfide) groups is 2. The van der Waals surface area contributed by atoms with Crippen LogP contribution in [0.2, 0.25) is 0 Å². The van der Waals surface area contributed by atoms with E-state index in [0.717, 1.165) is 44.8 Å². The Morgan fingerprint density at radius 1 is 1.10 bits per heavy atom. The normalized spacial score (nSPS) is 23.8. The lowest BCUT2D eigenvalue weighted by Crippen LogP contribution is -2.71. The molecule has 2 fully saturated rings. The minimum absolute atomic E-state index is 0.0286. The molecule has 218 valence electrons. The van der Waals surface area contributed by atoms with Gasteiger partial charge in [0.25, 0.3) is 5.69 Å². The van der Waals surface area contributed by atoms with Crippen LogP contribution in [0.5, 0.6) is 0 Å². The van der Waals surface area contributed by atoms with Gasteiger partial charge in [-0.3, -0.25) is 29.6 Å². The molecule has 2 N–H and O–H groups in total. The smallest absolute Gasteiger partial charge is 0.354 e. The molecule has 0 aliphatic carbocycles. The largest absolute Gasteiger partial charge is 0.477 e. The molecule has 10 nitrogen and oxygen atoms in total. The van der Waals surface area contributed by atoms with E-state index in [0.29, 0.717) is 16.4 Å². The number of carbonyl (C=O) groups is 2. The molecule has 3 aliphatic rings. The molecule has 0 radical (unpaired) electrons. The molecular formula is C29H34N4O6S2. The topological polar surface area (TPSA) is 127 Å². The number of nitro groups is 1. The Labute approximate surface area is 247 Å². The number of nitrogens with zero attached hydrogens (tertiary/aromatic N) is 4. The summed E-state index contributed by atoms with van der Waals surface area (Å²) in [6.07, 6.45) is -0.294. The maximum absolute atomic E-state index is 13.3. The number of fused-ring (bicyclic) bond motifs is 1. The van der Waals surface area contributed by atoms with Crippen LogP contribution in [0.1, 0.15) is 24.5 Å². The van der Waals surface area contributed by atoms with Crippen molar-refractivity contribution in [2.45, 2.75) is 37.3 Å². The van der Waals surface area contributed by atoms with Gasteiger partial charge in [-0.25, -0.2) is 4.79 Å². The maximum Gasteiger partial charge on any atom is 0.354 e. The highest BCUT2D eigenvalue weighted by Crippen LogP contribution is 2.62. The van der Waals surface area contributed by atoms with Crippen LogP contribution in [0.15, 0.2) is 64.5 Å². The van der Waals surface area contributed by atoms with Crippen LogP contribution in [-0.4, -0.2) is 91.2 Å². The van der Waals surface area contributed by atoms with Gasteiger partial charge >= 0.3 is 5.97 Å². The summed E-state index contributed by atoms with van der Waals surface area (Å²) < 4.78 is 0.571. The lowest BCUT2D eigenvalue weighted by atomic mass is 9.77. The Balaban J connectivity index is 1.25. The third kappa shape index (κ3) is 6.02. The SMILES string of the molecule is CC[C@H](O)[C@@H]1C(=O)N2C(C(=O)O)=C(SCCN3CCN(Cc4ccccc4)CC3)S[C@]12Cc1ccc([N+](=O)[O-])cc1. The number of carboxylic acids is 1. The zero-order valence-corrected chi connectivity index (χ0v) is 24.5. The van der Waals surface area contributed by atoms with Gasteiger partial charge in [0.2, 0.25) is 5.91 Å². The number of nitro benzene ring substituents is 1. The zero-order valence-electron chi connectivity index (χ0n) is 22.8. The summed E-state index contributed by atoms with van der Waals surface area (Å²) in [4.78, 5) is 41.5. The van der Waals surface area contributed by atoms with Crippen molar-refractivity contribution in [3.8, 4) is 0 Å². The highest BCUT2D eigenvalue weighted by atomic mass is 32.2. The molecule has 3 heterocycles. The van der Waals surface area contributed by atoms with Crippen molar-refractivity contribution in [2.75, 3.05) is 38.5 Å². The quantitative estimate of drug-likeness (QED) is 0.212. The minimum atomic E-state index is -1.17. The van der Waals surface area contributed by atoms with E-state index in [-0.39, 0.29) is 17.8 Å². The van der Waals surface area contributed by atoms with Crippen molar-refractivity contribution in [3.05, 3.63) is 85.8 Å². The van der Waals surface area contributed by atoms with Crippen molar-refractivity contribution in [3.63, 3.8) is 0 Å². The van der Waals surface area contributed by atoms with Crippen LogP contribution < -0.4 is 0 Å². The van der Waals surface area contributed by atoms with Crippen molar-refractivity contribution in [2.24, 2.45) is 5.92 Å². The Hall–Kier alpha value is -2.90. The van der Waals surface area contributed by atoms with E-state index in [4.69, 9.17) is 0 Å². The molecule has 41 heavy (non-hydrogen) atoms. The first-order valence-corrected chi connectivity index (χ1v) is 15.6. The fourth-order valence-corrected chi connectivity index (χ4v) is 9.08. The van der Waals surface area contributed by atoms with Gasteiger partial charge in [0.1, 0.15) is 4.87 Å². The monoisotopic (exact) mass is 598 g/mol. The number of piperazine rings is 1. The summed E-state index contributed by atoms with van der Waals surface area (Å²) in [7, 11) is 0. The molecule has 0 bridgehead atoms. The van der Waals surface area contributed by atoms with Gasteiger partial charge in [0.15, 0.2) is 5.70 Å². The number of benzene rings is 2. The van der Waals surface area contributed by atoms with Crippen LogP contribution in [0.25, 0.3) is 0 Å². The van der Waals surface area contributed by atoms with Crippen LogP contribution in [0.3, 0.4) is 0 Å². The van der Waals surface area contributed by atoms with E-state index in [1.165, 1.54) is 46.1 Å². The molecule has 2 saturated heterocycles. The number of carboxylic acid groups (broad SMARTS) is 1. The van der Waals surface area contributed by atoms with Gasteiger partial charge in [0.05, 0.1) is 21.2 Å². The van der Waals surface area contributed by atoms with E-state index in [1.54, 1.807) is 19.1 Å². The summed E-state index contributed by atoms with van der Waals surface area (Å²) in [6.45, 7) is 7.32. The van der Waals surface area contributed by atoms with Crippen molar-refractivity contribution < 1.29 is 24.7 Å². The average molecular weight is 599 g/mol. The molecule has 1 amide bonds. The number of aliphatic hydroxyl groups is 1. The second-order valence-corrected chi connectivity index (χ2v) is 13.3. The molecule has 0 saturated carbocycles. The molecule has 5 rings (SSSR count). The third-order valence-corrected chi connectivity index (χ3v) is 10.8. The Bertz CT molecular complexity index is 1320.